The van der Waals surface area contributed by atoms with Gasteiger partial charge in [-0.25, -0.2) is 5.43 Å². The maximum Gasteiger partial charge on any atom is 0.287 e. The minimum Gasteiger partial charge on any atom is -0.378 e. The molecule has 0 saturated heterocycles. The molecule has 0 spiro atoms. The van der Waals surface area contributed by atoms with E-state index < -0.39 is 11.8 Å². The molecule has 186 valence electrons. The van der Waals surface area contributed by atoms with Crippen LogP contribution in [0.25, 0.3) is 6.08 Å². The number of nitrogens with zero attached hydrogens (tertiary/aromatic N) is 2. The molecule has 3 rings (SSSR count). The van der Waals surface area contributed by atoms with Crippen LogP contribution in [0.15, 0.2) is 83.6 Å². The summed E-state index contributed by atoms with van der Waals surface area (Å²) >= 11 is 6.17. The molecule has 0 fully saturated rings. The van der Waals surface area contributed by atoms with Gasteiger partial charge < -0.3 is 10.2 Å². The van der Waals surface area contributed by atoms with E-state index in [2.05, 4.69) is 36.6 Å². The van der Waals surface area contributed by atoms with Crippen LogP contribution in [0.5, 0.6) is 0 Å². The SMILES string of the molecule is CN(C)c1ccc(/C=C(\NC(=O)c2ccccc2Cl)C(=O)NN=Cc2ccc(C(C)(C)C)cc2)cc1. The quantitative estimate of drug-likeness (QED) is 0.250. The Morgan fingerprint density at radius 1 is 0.889 bits per heavy atom. The predicted molar refractivity (Wildman–Crippen MR) is 149 cm³/mol. The molecule has 0 aromatic heterocycles. The van der Waals surface area contributed by atoms with Gasteiger partial charge in [-0.2, -0.15) is 5.10 Å². The third kappa shape index (κ3) is 7.30. The van der Waals surface area contributed by atoms with Gasteiger partial charge in [0.05, 0.1) is 16.8 Å². The number of carbonyl (C=O) groups is 2. The monoisotopic (exact) mass is 502 g/mol. The van der Waals surface area contributed by atoms with Crippen molar-refractivity contribution in [3.8, 4) is 0 Å². The Morgan fingerprint density at radius 2 is 1.50 bits per heavy atom. The number of benzene rings is 3. The van der Waals surface area contributed by atoms with Crippen molar-refractivity contribution in [3.63, 3.8) is 0 Å². The van der Waals surface area contributed by atoms with Crippen molar-refractivity contribution in [2.75, 3.05) is 19.0 Å². The van der Waals surface area contributed by atoms with Gasteiger partial charge in [-0.3, -0.25) is 9.59 Å². The highest BCUT2D eigenvalue weighted by Crippen LogP contribution is 2.22. The van der Waals surface area contributed by atoms with Gasteiger partial charge in [0.1, 0.15) is 5.70 Å². The molecule has 3 aromatic rings. The lowest BCUT2D eigenvalue weighted by Crippen LogP contribution is -2.33. The Balaban J connectivity index is 1.81. The standard InChI is InChI=1S/C29H31ClN4O2/c1-29(2,3)22-14-10-21(11-15-22)19-31-33-28(36)26(18-20-12-16-23(17-13-20)34(4)5)32-27(35)24-8-6-7-9-25(24)30/h6-19H,1-5H3,(H,32,35)(H,33,36)/b26-18-,31-19?. The number of hydrazone groups is 1. The highest BCUT2D eigenvalue weighted by molar-refractivity contribution is 6.34. The average molecular weight is 503 g/mol. The lowest BCUT2D eigenvalue weighted by Gasteiger charge is -2.18. The molecule has 0 saturated carbocycles. The van der Waals surface area contributed by atoms with Crippen LogP contribution >= 0.6 is 11.6 Å². The smallest absolute Gasteiger partial charge is 0.287 e. The number of hydrogen-bond donors (Lipinski definition) is 2. The van der Waals surface area contributed by atoms with Crippen molar-refractivity contribution < 1.29 is 9.59 Å². The molecule has 7 heteroatoms. The molecule has 0 aliphatic carbocycles. The fourth-order valence-corrected chi connectivity index (χ4v) is 3.55. The number of hydrogen-bond acceptors (Lipinski definition) is 4. The van der Waals surface area contributed by atoms with E-state index in [0.29, 0.717) is 5.02 Å². The Bertz CT molecular complexity index is 1270. The topological polar surface area (TPSA) is 73.8 Å². The summed E-state index contributed by atoms with van der Waals surface area (Å²) in [6.07, 6.45) is 3.15. The number of rotatable bonds is 7. The van der Waals surface area contributed by atoms with Crippen LogP contribution in [0.2, 0.25) is 5.02 Å². The Hall–Kier alpha value is -3.90. The normalized spacial score (nSPS) is 11.9. The van der Waals surface area contributed by atoms with Gasteiger partial charge in [0.2, 0.25) is 0 Å². The second-order valence-corrected chi connectivity index (χ2v) is 9.96. The summed E-state index contributed by atoms with van der Waals surface area (Å²) in [5.74, 6) is -1.05. The van der Waals surface area contributed by atoms with E-state index in [1.807, 2.05) is 67.5 Å². The van der Waals surface area contributed by atoms with E-state index in [9.17, 15) is 9.59 Å². The lowest BCUT2D eigenvalue weighted by molar-refractivity contribution is -0.117. The van der Waals surface area contributed by atoms with Crippen molar-refractivity contribution in [2.45, 2.75) is 26.2 Å². The maximum absolute atomic E-state index is 13.0. The highest BCUT2D eigenvalue weighted by atomic mass is 35.5. The molecule has 6 nitrogen and oxygen atoms in total. The predicted octanol–water partition coefficient (Wildman–Crippen LogP) is 5.62. The highest BCUT2D eigenvalue weighted by Gasteiger charge is 2.16. The first-order chi connectivity index (χ1) is 17.0. The number of anilines is 1. The lowest BCUT2D eigenvalue weighted by atomic mass is 9.87. The van der Waals surface area contributed by atoms with Crippen LogP contribution < -0.4 is 15.6 Å². The number of halogens is 1. The molecular weight excluding hydrogens is 472 g/mol. The molecule has 0 unspecified atom stereocenters. The molecule has 0 aliphatic heterocycles. The van der Waals surface area contributed by atoms with Crippen LogP contribution in [-0.2, 0) is 10.2 Å². The van der Waals surface area contributed by atoms with Gasteiger partial charge in [0.15, 0.2) is 0 Å². The van der Waals surface area contributed by atoms with Crippen LogP contribution in [0.3, 0.4) is 0 Å². The molecule has 2 N–H and O–H groups in total. The summed E-state index contributed by atoms with van der Waals surface area (Å²) in [7, 11) is 3.89. The van der Waals surface area contributed by atoms with Gasteiger partial charge in [-0.05, 0) is 52.4 Å². The molecule has 0 aliphatic rings. The van der Waals surface area contributed by atoms with Gasteiger partial charge >= 0.3 is 0 Å². The van der Waals surface area contributed by atoms with Crippen LogP contribution in [-0.4, -0.2) is 32.1 Å². The molecular formula is C29H31ClN4O2. The molecule has 0 heterocycles. The Morgan fingerprint density at radius 3 is 2.08 bits per heavy atom. The molecule has 0 radical (unpaired) electrons. The van der Waals surface area contributed by atoms with Gasteiger partial charge in [-0.15, -0.1) is 0 Å². The van der Waals surface area contributed by atoms with Crippen molar-refractivity contribution >= 4 is 41.4 Å². The Labute approximate surface area is 217 Å². The average Bonchev–Trinajstić information content (AvgIpc) is 2.84. The summed E-state index contributed by atoms with van der Waals surface area (Å²) in [4.78, 5) is 27.8. The zero-order valence-corrected chi connectivity index (χ0v) is 21.9. The molecule has 0 atom stereocenters. The second-order valence-electron chi connectivity index (χ2n) is 9.55. The zero-order valence-electron chi connectivity index (χ0n) is 21.2. The van der Waals surface area contributed by atoms with E-state index in [1.54, 1.807) is 36.6 Å². The van der Waals surface area contributed by atoms with Crippen molar-refractivity contribution in [2.24, 2.45) is 5.10 Å². The van der Waals surface area contributed by atoms with Gasteiger partial charge in [-0.1, -0.05) is 80.9 Å². The van der Waals surface area contributed by atoms with E-state index in [0.717, 1.165) is 16.8 Å². The molecule has 0 bridgehead atoms. The summed E-state index contributed by atoms with van der Waals surface area (Å²) in [5.41, 5.74) is 6.66. The minimum atomic E-state index is -0.561. The minimum absolute atomic E-state index is 0.0396. The zero-order chi connectivity index (χ0) is 26.3. The summed E-state index contributed by atoms with van der Waals surface area (Å²) in [6, 6.07) is 22.2. The maximum atomic E-state index is 13.0. The number of nitrogens with one attached hydrogen (secondary N) is 2. The van der Waals surface area contributed by atoms with E-state index in [4.69, 9.17) is 11.6 Å². The number of amides is 2. The third-order valence-corrected chi connectivity index (χ3v) is 5.82. The molecule has 2 amide bonds. The second kappa shape index (κ2) is 11.7. The van der Waals surface area contributed by atoms with Gasteiger partial charge in [0.25, 0.3) is 11.8 Å². The molecule has 3 aromatic carbocycles. The van der Waals surface area contributed by atoms with E-state index in [-0.39, 0.29) is 16.7 Å². The summed E-state index contributed by atoms with van der Waals surface area (Å²) < 4.78 is 0. The fraction of sp³-hybridized carbons (Fsp3) is 0.207. The van der Waals surface area contributed by atoms with Crippen molar-refractivity contribution in [1.82, 2.24) is 10.7 Å². The number of carbonyl (C=O) groups excluding carboxylic acids is 2. The van der Waals surface area contributed by atoms with Crippen LogP contribution in [0.1, 0.15) is 47.8 Å². The van der Waals surface area contributed by atoms with Gasteiger partial charge in [0, 0.05) is 19.8 Å². The van der Waals surface area contributed by atoms with Crippen LogP contribution in [0, 0.1) is 0 Å². The first-order valence-corrected chi connectivity index (χ1v) is 11.9. The summed E-state index contributed by atoms with van der Waals surface area (Å²) in [6.45, 7) is 6.44. The van der Waals surface area contributed by atoms with Crippen molar-refractivity contribution in [1.29, 1.82) is 0 Å². The molecule has 36 heavy (non-hydrogen) atoms. The fourth-order valence-electron chi connectivity index (χ4n) is 3.32. The van der Waals surface area contributed by atoms with Crippen LogP contribution in [0.4, 0.5) is 5.69 Å². The first-order valence-electron chi connectivity index (χ1n) is 11.5. The Kier molecular flexibility index (Phi) is 8.67. The first kappa shape index (κ1) is 26.7. The third-order valence-electron chi connectivity index (χ3n) is 5.49. The van der Waals surface area contributed by atoms with E-state index >= 15 is 0 Å². The van der Waals surface area contributed by atoms with Crippen molar-refractivity contribution in [3.05, 3.63) is 106 Å². The van der Waals surface area contributed by atoms with E-state index in [1.165, 1.54) is 5.56 Å². The summed E-state index contributed by atoms with van der Waals surface area (Å²) in [5, 5.41) is 7.05. The largest absolute Gasteiger partial charge is 0.378 e.